The molecule has 2 aliphatic rings. The van der Waals surface area contributed by atoms with Gasteiger partial charge >= 0.3 is 0 Å². The molecule has 0 spiro atoms. The fraction of sp³-hybridized carbons (Fsp3) is 0.529. The number of nitrogens with zero attached hydrogens (tertiary/aromatic N) is 2. The molecule has 0 radical (unpaired) electrons. The van der Waals surface area contributed by atoms with E-state index in [1.807, 2.05) is 35.2 Å². The summed E-state index contributed by atoms with van der Waals surface area (Å²) in [5, 5.41) is 3.12. The van der Waals surface area contributed by atoms with Gasteiger partial charge in [0.05, 0.1) is 0 Å². The minimum Gasteiger partial charge on any atom is -0.352 e. The summed E-state index contributed by atoms with van der Waals surface area (Å²) < 4.78 is 0. The van der Waals surface area contributed by atoms with Crippen LogP contribution < -0.4 is 5.32 Å². The Bertz CT molecular complexity index is 534. The molecule has 2 fully saturated rings. The Balaban J connectivity index is 1.73. The molecule has 3 rings (SSSR count). The number of carbonyl (C=O) groups is 2. The molecule has 1 heterocycles. The monoisotopic (exact) mass is 301 g/mol. The number of hydrogen-bond acceptors (Lipinski definition) is 3. The Morgan fingerprint density at radius 3 is 2.27 bits per heavy atom. The number of nitrogens with one attached hydrogen (secondary N) is 1. The first kappa shape index (κ1) is 15.0. The summed E-state index contributed by atoms with van der Waals surface area (Å²) in [6.45, 7) is 4.45. The molecule has 0 bridgehead atoms. The number of piperazine rings is 1. The van der Waals surface area contributed by atoms with Crippen LogP contribution in [0.4, 0.5) is 0 Å². The second-order valence-electron chi connectivity index (χ2n) is 6.14. The van der Waals surface area contributed by atoms with Crippen molar-refractivity contribution in [2.24, 2.45) is 0 Å². The van der Waals surface area contributed by atoms with Crippen LogP contribution in [0.2, 0.25) is 0 Å². The fourth-order valence-electron chi connectivity index (χ4n) is 2.97. The lowest BCUT2D eigenvalue weighted by molar-refractivity contribution is -0.132. The summed E-state index contributed by atoms with van der Waals surface area (Å²) in [6.07, 6.45) is 2.18. The normalized spacial score (nSPS) is 20.5. The molecule has 1 aliphatic carbocycles. The zero-order valence-corrected chi connectivity index (χ0v) is 13.0. The number of rotatable bonds is 4. The van der Waals surface area contributed by atoms with E-state index in [1.54, 1.807) is 6.92 Å². The van der Waals surface area contributed by atoms with Crippen molar-refractivity contribution in [3.05, 3.63) is 35.9 Å². The lowest BCUT2D eigenvalue weighted by Gasteiger charge is -2.38. The van der Waals surface area contributed by atoms with Crippen molar-refractivity contribution in [1.82, 2.24) is 15.1 Å². The van der Waals surface area contributed by atoms with Crippen LogP contribution in [0.1, 0.15) is 31.4 Å². The molecule has 5 heteroatoms. The predicted molar refractivity (Wildman–Crippen MR) is 84.2 cm³/mol. The highest BCUT2D eigenvalue weighted by Crippen LogP contribution is 2.25. The zero-order valence-electron chi connectivity index (χ0n) is 13.0. The molecule has 1 atom stereocenters. The highest BCUT2D eigenvalue weighted by molar-refractivity contribution is 5.83. The average molecular weight is 301 g/mol. The van der Waals surface area contributed by atoms with Gasteiger partial charge in [-0.25, -0.2) is 0 Å². The second-order valence-corrected chi connectivity index (χ2v) is 6.14. The van der Waals surface area contributed by atoms with Gasteiger partial charge in [0.1, 0.15) is 6.04 Å². The molecule has 1 aliphatic heterocycles. The Morgan fingerprint density at radius 2 is 1.73 bits per heavy atom. The van der Waals surface area contributed by atoms with Crippen LogP contribution in [-0.2, 0) is 9.59 Å². The maximum Gasteiger partial charge on any atom is 0.242 e. The van der Waals surface area contributed by atoms with Gasteiger partial charge in [0.2, 0.25) is 11.8 Å². The lowest BCUT2D eigenvalue weighted by atomic mass is 10.0. The first-order valence-electron chi connectivity index (χ1n) is 8.00. The molecule has 0 aromatic heterocycles. The Morgan fingerprint density at radius 1 is 1.09 bits per heavy atom. The van der Waals surface area contributed by atoms with Gasteiger partial charge in [-0.15, -0.1) is 0 Å². The van der Waals surface area contributed by atoms with E-state index in [0.29, 0.717) is 19.1 Å². The van der Waals surface area contributed by atoms with E-state index in [2.05, 4.69) is 10.2 Å². The van der Waals surface area contributed by atoms with Gasteiger partial charge in [0.15, 0.2) is 0 Å². The third-order valence-corrected chi connectivity index (χ3v) is 4.41. The van der Waals surface area contributed by atoms with E-state index < -0.39 is 0 Å². The highest BCUT2D eigenvalue weighted by Gasteiger charge is 2.33. The van der Waals surface area contributed by atoms with Crippen molar-refractivity contribution in [3.8, 4) is 0 Å². The summed E-state index contributed by atoms with van der Waals surface area (Å²) in [6, 6.07) is 10.0. The molecule has 1 saturated carbocycles. The van der Waals surface area contributed by atoms with Gasteiger partial charge in [-0.1, -0.05) is 30.3 Å². The quantitative estimate of drug-likeness (QED) is 0.908. The van der Waals surface area contributed by atoms with Crippen molar-refractivity contribution >= 4 is 11.8 Å². The summed E-state index contributed by atoms with van der Waals surface area (Å²) in [4.78, 5) is 28.2. The summed E-state index contributed by atoms with van der Waals surface area (Å²) in [5.41, 5.74) is 1.02. The van der Waals surface area contributed by atoms with Gasteiger partial charge in [0, 0.05) is 39.1 Å². The Labute approximate surface area is 131 Å². The summed E-state index contributed by atoms with van der Waals surface area (Å²) in [7, 11) is 0. The highest BCUT2D eigenvalue weighted by atomic mass is 16.2. The molecule has 1 N–H and O–H groups in total. The van der Waals surface area contributed by atoms with Crippen LogP contribution >= 0.6 is 0 Å². The van der Waals surface area contributed by atoms with Crippen molar-refractivity contribution in [3.63, 3.8) is 0 Å². The zero-order chi connectivity index (χ0) is 15.5. The van der Waals surface area contributed by atoms with E-state index in [1.165, 1.54) is 0 Å². The Kier molecular flexibility index (Phi) is 4.43. The second kappa shape index (κ2) is 6.48. The van der Waals surface area contributed by atoms with Crippen molar-refractivity contribution in [1.29, 1.82) is 0 Å². The van der Waals surface area contributed by atoms with Crippen LogP contribution in [0, 0.1) is 0 Å². The lowest BCUT2D eigenvalue weighted by Crippen LogP contribution is -2.52. The molecule has 1 unspecified atom stereocenters. The molecule has 1 aromatic carbocycles. The SMILES string of the molecule is CC(=O)N1CCN(C(C(=O)NC2CC2)c2ccccc2)CC1. The van der Waals surface area contributed by atoms with Gasteiger partial charge in [0.25, 0.3) is 0 Å². The smallest absolute Gasteiger partial charge is 0.242 e. The maximum absolute atomic E-state index is 12.7. The van der Waals surface area contributed by atoms with Crippen LogP contribution in [0.25, 0.3) is 0 Å². The van der Waals surface area contributed by atoms with Crippen LogP contribution in [0.15, 0.2) is 30.3 Å². The molecular formula is C17H23N3O2. The first-order chi connectivity index (χ1) is 10.6. The molecule has 2 amide bonds. The standard InChI is InChI=1S/C17H23N3O2/c1-13(21)19-9-11-20(12-10-19)16(14-5-3-2-4-6-14)17(22)18-15-7-8-15/h2-6,15-16H,7-12H2,1H3,(H,18,22). The topological polar surface area (TPSA) is 52.7 Å². The molecule has 5 nitrogen and oxygen atoms in total. The number of benzene rings is 1. The van der Waals surface area contributed by atoms with E-state index >= 15 is 0 Å². The van der Waals surface area contributed by atoms with Gasteiger partial charge in [-0.2, -0.15) is 0 Å². The molecule has 118 valence electrons. The minimum atomic E-state index is -0.254. The predicted octanol–water partition coefficient (Wildman–Crippen LogP) is 1.17. The van der Waals surface area contributed by atoms with Crippen LogP contribution in [0.3, 0.4) is 0 Å². The first-order valence-corrected chi connectivity index (χ1v) is 8.00. The summed E-state index contributed by atoms with van der Waals surface area (Å²) in [5.74, 6) is 0.198. The van der Waals surface area contributed by atoms with Crippen LogP contribution in [0.5, 0.6) is 0 Å². The minimum absolute atomic E-state index is 0.0879. The van der Waals surface area contributed by atoms with Gasteiger partial charge < -0.3 is 10.2 Å². The largest absolute Gasteiger partial charge is 0.352 e. The Hall–Kier alpha value is -1.88. The van der Waals surface area contributed by atoms with Crippen LogP contribution in [-0.4, -0.2) is 53.8 Å². The number of carbonyl (C=O) groups excluding carboxylic acids is 2. The van der Waals surface area contributed by atoms with Gasteiger partial charge in [-0.05, 0) is 18.4 Å². The van der Waals surface area contributed by atoms with Crippen molar-refractivity contribution < 1.29 is 9.59 Å². The maximum atomic E-state index is 12.7. The summed E-state index contributed by atoms with van der Waals surface area (Å²) >= 11 is 0. The number of hydrogen-bond donors (Lipinski definition) is 1. The number of amides is 2. The van der Waals surface area contributed by atoms with Crippen molar-refractivity contribution in [2.45, 2.75) is 31.8 Å². The molecule has 22 heavy (non-hydrogen) atoms. The van der Waals surface area contributed by atoms with E-state index in [9.17, 15) is 9.59 Å². The molecule has 1 aromatic rings. The molecule has 1 saturated heterocycles. The third-order valence-electron chi connectivity index (χ3n) is 4.41. The van der Waals surface area contributed by atoms with Gasteiger partial charge in [-0.3, -0.25) is 14.5 Å². The van der Waals surface area contributed by atoms with Crippen molar-refractivity contribution in [2.75, 3.05) is 26.2 Å². The van der Waals surface area contributed by atoms with E-state index in [0.717, 1.165) is 31.5 Å². The van der Waals surface area contributed by atoms with E-state index in [-0.39, 0.29) is 17.9 Å². The van der Waals surface area contributed by atoms with E-state index in [4.69, 9.17) is 0 Å². The average Bonchev–Trinajstić information content (AvgIpc) is 3.33. The molecular weight excluding hydrogens is 278 g/mol. The third kappa shape index (κ3) is 3.47. The fourth-order valence-corrected chi connectivity index (χ4v) is 2.97.